The summed E-state index contributed by atoms with van der Waals surface area (Å²) in [5.74, 6) is 0. The van der Waals surface area contributed by atoms with Crippen LogP contribution in [0.2, 0.25) is 0 Å². The van der Waals surface area contributed by atoms with Crippen LogP contribution in [0.25, 0.3) is 0 Å². The zero-order valence-corrected chi connectivity index (χ0v) is 5.93. The van der Waals surface area contributed by atoms with Crippen molar-refractivity contribution in [1.82, 2.24) is 0 Å². The Bertz CT molecular complexity index is 63.4. The second-order valence-corrected chi connectivity index (χ2v) is 2.53. The SMILES string of the molecule is CO[C@@H](C)C(C)(C)O. The Morgan fingerprint density at radius 1 is 1.50 bits per heavy atom. The second-order valence-electron chi connectivity index (χ2n) is 2.53. The molecule has 0 bridgehead atoms. The quantitative estimate of drug-likeness (QED) is 0.581. The van der Waals surface area contributed by atoms with Crippen LogP contribution in [-0.2, 0) is 4.74 Å². The van der Waals surface area contributed by atoms with Gasteiger partial charge in [-0.05, 0) is 20.8 Å². The summed E-state index contributed by atoms with van der Waals surface area (Å²) in [6.45, 7) is 5.28. The van der Waals surface area contributed by atoms with Gasteiger partial charge in [-0.15, -0.1) is 0 Å². The summed E-state index contributed by atoms with van der Waals surface area (Å²) in [5.41, 5.74) is -0.714. The lowest BCUT2D eigenvalue weighted by Crippen LogP contribution is -2.34. The van der Waals surface area contributed by atoms with Crippen molar-refractivity contribution in [3.8, 4) is 0 Å². The Hall–Kier alpha value is -0.0800. The number of methoxy groups -OCH3 is 1. The average Bonchev–Trinajstić information content (AvgIpc) is 1.62. The molecule has 1 N–H and O–H groups in total. The minimum atomic E-state index is -0.714. The predicted octanol–water partition coefficient (Wildman–Crippen LogP) is 0.792. The van der Waals surface area contributed by atoms with Gasteiger partial charge in [-0.25, -0.2) is 0 Å². The summed E-state index contributed by atoms with van der Waals surface area (Å²) in [6.07, 6.45) is -0.0949. The Kier molecular flexibility index (Phi) is 2.44. The first-order valence-electron chi connectivity index (χ1n) is 2.73. The molecule has 50 valence electrons. The average molecular weight is 118 g/mol. The maximum absolute atomic E-state index is 9.16. The number of rotatable bonds is 2. The molecule has 0 amide bonds. The Balaban J connectivity index is 3.62. The van der Waals surface area contributed by atoms with Crippen molar-refractivity contribution in [2.45, 2.75) is 32.5 Å². The Morgan fingerprint density at radius 3 is 1.88 bits per heavy atom. The van der Waals surface area contributed by atoms with Crippen molar-refractivity contribution in [2.24, 2.45) is 0 Å². The minimum absolute atomic E-state index is 0.0949. The maximum atomic E-state index is 9.16. The number of ether oxygens (including phenoxy) is 1. The third kappa shape index (κ3) is 2.28. The molecule has 2 nitrogen and oxygen atoms in total. The molecular weight excluding hydrogens is 104 g/mol. The molecular formula is C6H14O2. The topological polar surface area (TPSA) is 29.5 Å². The first kappa shape index (κ1) is 7.92. The lowest BCUT2D eigenvalue weighted by Gasteiger charge is -2.23. The molecule has 0 aromatic carbocycles. The van der Waals surface area contributed by atoms with E-state index in [0.717, 1.165) is 0 Å². The normalized spacial score (nSPS) is 16.1. The third-order valence-corrected chi connectivity index (χ3v) is 1.35. The second kappa shape index (κ2) is 2.46. The van der Waals surface area contributed by atoms with Crippen LogP contribution < -0.4 is 0 Å². The van der Waals surface area contributed by atoms with Gasteiger partial charge < -0.3 is 9.84 Å². The van der Waals surface area contributed by atoms with Crippen molar-refractivity contribution < 1.29 is 9.84 Å². The zero-order chi connectivity index (χ0) is 6.78. The van der Waals surface area contributed by atoms with Crippen molar-refractivity contribution in [1.29, 1.82) is 0 Å². The summed E-state index contributed by atoms with van der Waals surface area (Å²) in [5, 5.41) is 9.16. The van der Waals surface area contributed by atoms with Crippen LogP contribution in [0.3, 0.4) is 0 Å². The minimum Gasteiger partial charge on any atom is -0.388 e. The van der Waals surface area contributed by atoms with E-state index in [1.807, 2.05) is 6.92 Å². The molecule has 0 saturated heterocycles. The highest BCUT2D eigenvalue weighted by atomic mass is 16.5. The fourth-order valence-electron chi connectivity index (χ4n) is 0.288. The van der Waals surface area contributed by atoms with Crippen molar-refractivity contribution in [3.63, 3.8) is 0 Å². The van der Waals surface area contributed by atoms with Gasteiger partial charge in [0.05, 0.1) is 11.7 Å². The fourth-order valence-corrected chi connectivity index (χ4v) is 0.288. The van der Waals surface area contributed by atoms with Gasteiger partial charge in [0.2, 0.25) is 0 Å². The molecule has 1 atom stereocenters. The van der Waals surface area contributed by atoms with Gasteiger partial charge in [0.1, 0.15) is 0 Å². The first-order chi connectivity index (χ1) is 3.48. The molecule has 0 heterocycles. The highest BCUT2D eigenvalue weighted by Crippen LogP contribution is 2.09. The van der Waals surface area contributed by atoms with Crippen molar-refractivity contribution >= 4 is 0 Å². The van der Waals surface area contributed by atoms with Crippen LogP contribution >= 0.6 is 0 Å². The molecule has 0 saturated carbocycles. The van der Waals surface area contributed by atoms with Gasteiger partial charge >= 0.3 is 0 Å². The van der Waals surface area contributed by atoms with Gasteiger partial charge in [0.25, 0.3) is 0 Å². The van der Waals surface area contributed by atoms with Crippen LogP contribution in [0.4, 0.5) is 0 Å². The summed E-state index contributed by atoms with van der Waals surface area (Å²) in [6, 6.07) is 0. The summed E-state index contributed by atoms with van der Waals surface area (Å²) in [7, 11) is 1.59. The molecule has 8 heavy (non-hydrogen) atoms. The molecule has 2 heteroatoms. The van der Waals surface area contributed by atoms with Gasteiger partial charge in [-0.2, -0.15) is 0 Å². The van der Waals surface area contributed by atoms with E-state index in [4.69, 9.17) is 9.84 Å². The van der Waals surface area contributed by atoms with E-state index < -0.39 is 5.60 Å². The molecule has 0 aliphatic carbocycles. The van der Waals surface area contributed by atoms with Crippen LogP contribution in [-0.4, -0.2) is 23.9 Å². The van der Waals surface area contributed by atoms with E-state index in [2.05, 4.69) is 0 Å². The van der Waals surface area contributed by atoms with E-state index >= 15 is 0 Å². The zero-order valence-electron chi connectivity index (χ0n) is 5.93. The smallest absolute Gasteiger partial charge is 0.0849 e. The van der Waals surface area contributed by atoms with Crippen LogP contribution in [0.1, 0.15) is 20.8 Å². The maximum Gasteiger partial charge on any atom is 0.0849 e. The molecule has 0 aromatic heterocycles. The van der Waals surface area contributed by atoms with Gasteiger partial charge in [0.15, 0.2) is 0 Å². The molecule has 0 radical (unpaired) electrons. The van der Waals surface area contributed by atoms with E-state index in [-0.39, 0.29) is 6.10 Å². The molecule has 0 aliphatic heterocycles. The fraction of sp³-hybridized carbons (Fsp3) is 1.00. The van der Waals surface area contributed by atoms with Gasteiger partial charge in [-0.1, -0.05) is 0 Å². The molecule has 0 unspecified atom stereocenters. The Morgan fingerprint density at radius 2 is 1.88 bits per heavy atom. The van der Waals surface area contributed by atoms with E-state index in [1.54, 1.807) is 21.0 Å². The van der Waals surface area contributed by atoms with E-state index in [9.17, 15) is 0 Å². The molecule has 0 rings (SSSR count). The molecule has 0 aliphatic rings. The van der Waals surface area contributed by atoms with Crippen molar-refractivity contribution in [2.75, 3.05) is 7.11 Å². The number of hydrogen-bond acceptors (Lipinski definition) is 2. The standard InChI is InChI=1S/C6H14O2/c1-5(8-4)6(2,3)7/h5,7H,1-4H3/t5-/m0/s1. The van der Waals surface area contributed by atoms with Crippen molar-refractivity contribution in [3.05, 3.63) is 0 Å². The monoisotopic (exact) mass is 118 g/mol. The van der Waals surface area contributed by atoms with Crippen LogP contribution in [0.15, 0.2) is 0 Å². The largest absolute Gasteiger partial charge is 0.388 e. The van der Waals surface area contributed by atoms with E-state index in [0.29, 0.717) is 0 Å². The lowest BCUT2D eigenvalue weighted by atomic mass is 10.0. The molecule has 0 spiro atoms. The highest BCUT2D eigenvalue weighted by Gasteiger charge is 2.20. The Labute approximate surface area is 50.5 Å². The summed E-state index contributed by atoms with van der Waals surface area (Å²) in [4.78, 5) is 0. The summed E-state index contributed by atoms with van der Waals surface area (Å²) < 4.78 is 4.86. The molecule has 0 aromatic rings. The van der Waals surface area contributed by atoms with Gasteiger partial charge in [-0.3, -0.25) is 0 Å². The number of aliphatic hydroxyl groups is 1. The van der Waals surface area contributed by atoms with Crippen LogP contribution in [0.5, 0.6) is 0 Å². The highest BCUT2D eigenvalue weighted by molar-refractivity contribution is 4.72. The number of hydrogen-bond donors (Lipinski definition) is 1. The lowest BCUT2D eigenvalue weighted by molar-refractivity contribution is -0.0595. The van der Waals surface area contributed by atoms with E-state index in [1.165, 1.54) is 0 Å². The van der Waals surface area contributed by atoms with Crippen LogP contribution in [0, 0.1) is 0 Å². The predicted molar refractivity (Wildman–Crippen MR) is 32.8 cm³/mol. The van der Waals surface area contributed by atoms with Gasteiger partial charge in [0, 0.05) is 7.11 Å². The third-order valence-electron chi connectivity index (χ3n) is 1.35. The summed E-state index contributed by atoms with van der Waals surface area (Å²) >= 11 is 0. The first-order valence-corrected chi connectivity index (χ1v) is 2.73. The molecule has 0 fully saturated rings.